The third-order valence-corrected chi connectivity index (χ3v) is 4.01. The van der Waals surface area contributed by atoms with E-state index in [4.69, 9.17) is 4.98 Å². The van der Waals surface area contributed by atoms with Crippen molar-refractivity contribution in [2.45, 2.75) is 0 Å². The number of pyridine rings is 2. The molecule has 0 spiro atoms. The molecule has 0 aliphatic rings. The molecule has 3 aromatic heterocycles. The summed E-state index contributed by atoms with van der Waals surface area (Å²) in [6, 6.07) is 17.0. The third kappa shape index (κ3) is 1.48. The molecule has 3 nitrogen and oxygen atoms in total. The summed E-state index contributed by atoms with van der Waals surface area (Å²) in [5.41, 5.74) is 2.87. The van der Waals surface area contributed by atoms with Crippen molar-refractivity contribution in [1.82, 2.24) is 14.4 Å². The minimum Gasteiger partial charge on any atom is -0.305 e. The molecule has 21 heavy (non-hydrogen) atoms. The zero-order chi connectivity index (χ0) is 13.8. The number of hydrogen-bond acceptors (Lipinski definition) is 2. The molecule has 98 valence electrons. The highest BCUT2D eigenvalue weighted by molar-refractivity contribution is 6.03. The van der Waals surface area contributed by atoms with Crippen molar-refractivity contribution in [2.75, 3.05) is 0 Å². The Kier molecular flexibility index (Phi) is 1.95. The lowest BCUT2D eigenvalue weighted by Gasteiger charge is -2.05. The second-order valence-electron chi connectivity index (χ2n) is 5.29. The Morgan fingerprint density at radius 2 is 1.57 bits per heavy atom. The van der Waals surface area contributed by atoms with Crippen LogP contribution in [-0.2, 0) is 0 Å². The highest BCUT2D eigenvalue weighted by atomic mass is 15.0. The summed E-state index contributed by atoms with van der Waals surface area (Å²) in [6.45, 7) is 0. The van der Waals surface area contributed by atoms with E-state index in [0.717, 1.165) is 27.5 Å². The van der Waals surface area contributed by atoms with Crippen LogP contribution in [0.1, 0.15) is 0 Å². The van der Waals surface area contributed by atoms with Crippen molar-refractivity contribution in [3.8, 4) is 0 Å². The number of fused-ring (bicyclic) bond motifs is 5. The van der Waals surface area contributed by atoms with E-state index < -0.39 is 0 Å². The Bertz CT molecular complexity index is 1140. The average molecular weight is 269 g/mol. The molecule has 0 radical (unpaired) electrons. The lowest BCUT2D eigenvalue weighted by molar-refractivity contribution is 1.20. The van der Waals surface area contributed by atoms with Crippen molar-refractivity contribution in [3.05, 3.63) is 67.1 Å². The summed E-state index contributed by atoms with van der Waals surface area (Å²) in [6.07, 6.45) is 5.78. The molecular weight excluding hydrogens is 258 g/mol. The molecule has 0 atom stereocenters. The van der Waals surface area contributed by atoms with E-state index in [1.165, 1.54) is 10.8 Å². The van der Waals surface area contributed by atoms with Gasteiger partial charge in [-0.15, -0.1) is 0 Å². The number of hydrogen-bond donors (Lipinski definition) is 0. The van der Waals surface area contributed by atoms with Crippen LogP contribution in [0.25, 0.3) is 38.2 Å². The monoisotopic (exact) mass is 269 g/mol. The Hall–Kier alpha value is -2.94. The maximum Gasteiger partial charge on any atom is 0.163 e. The number of nitrogens with zero attached hydrogens (tertiary/aromatic N) is 3. The summed E-state index contributed by atoms with van der Waals surface area (Å²) in [5.74, 6) is 0. The fourth-order valence-corrected chi connectivity index (χ4v) is 2.96. The maximum atomic E-state index is 4.84. The van der Waals surface area contributed by atoms with E-state index in [2.05, 4.69) is 53.5 Å². The summed E-state index contributed by atoms with van der Waals surface area (Å²) >= 11 is 0. The highest BCUT2D eigenvalue weighted by Gasteiger charge is 2.06. The van der Waals surface area contributed by atoms with Gasteiger partial charge in [-0.3, -0.25) is 0 Å². The second-order valence-corrected chi connectivity index (χ2v) is 5.29. The molecule has 0 N–H and O–H groups in total. The fourth-order valence-electron chi connectivity index (χ4n) is 2.96. The molecule has 0 saturated heterocycles. The summed E-state index contributed by atoms with van der Waals surface area (Å²) in [4.78, 5) is 9.26. The molecular formula is C18H11N3. The molecule has 0 amide bonds. The quantitative estimate of drug-likeness (QED) is 0.395. The van der Waals surface area contributed by atoms with Gasteiger partial charge in [-0.05, 0) is 35.0 Å². The van der Waals surface area contributed by atoms with Crippen molar-refractivity contribution < 1.29 is 0 Å². The molecule has 0 aliphatic heterocycles. The van der Waals surface area contributed by atoms with Gasteiger partial charge in [-0.25, -0.2) is 9.97 Å². The van der Waals surface area contributed by atoms with Crippen molar-refractivity contribution in [1.29, 1.82) is 0 Å². The first kappa shape index (κ1) is 10.8. The van der Waals surface area contributed by atoms with Gasteiger partial charge in [-0.1, -0.05) is 24.3 Å². The lowest BCUT2D eigenvalue weighted by Crippen LogP contribution is -1.89. The van der Waals surface area contributed by atoms with Crippen LogP contribution in [0.2, 0.25) is 0 Å². The van der Waals surface area contributed by atoms with Gasteiger partial charge in [0.1, 0.15) is 5.52 Å². The van der Waals surface area contributed by atoms with Crippen molar-refractivity contribution >= 4 is 38.2 Å². The van der Waals surface area contributed by atoms with E-state index in [9.17, 15) is 0 Å². The molecule has 0 bridgehead atoms. The van der Waals surface area contributed by atoms with E-state index in [1.54, 1.807) is 6.20 Å². The highest BCUT2D eigenvalue weighted by Crippen LogP contribution is 2.26. The van der Waals surface area contributed by atoms with Gasteiger partial charge in [0.25, 0.3) is 0 Å². The van der Waals surface area contributed by atoms with Crippen LogP contribution in [0, 0.1) is 0 Å². The van der Waals surface area contributed by atoms with Gasteiger partial charge >= 0.3 is 0 Å². The van der Waals surface area contributed by atoms with Crippen LogP contribution >= 0.6 is 0 Å². The van der Waals surface area contributed by atoms with E-state index >= 15 is 0 Å². The van der Waals surface area contributed by atoms with E-state index in [1.807, 2.05) is 16.8 Å². The fraction of sp³-hybridized carbons (Fsp3) is 0. The van der Waals surface area contributed by atoms with E-state index in [0.29, 0.717) is 0 Å². The SMILES string of the molecule is c1ccc2cc3nc4c(ccn5ccnc45)cc3cc2c1. The Morgan fingerprint density at radius 1 is 0.762 bits per heavy atom. The molecule has 0 unspecified atom stereocenters. The zero-order valence-electron chi connectivity index (χ0n) is 11.2. The van der Waals surface area contributed by atoms with Gasteiger partial charge in [0.2, 0.25) is 0 Å². The van der Waals surface area contributed by atoms with E-state index in [-0.39, 0.29) is 0 Å². The smallest absolute Gasteiger partial charge is 0.163 e. The maximum absolute atomic E-state index is 4.84. The predicted octanol–water partition coefficient (Wildman–Crippen LogP) is 4.19. The molecule has 0 saturated carbocycles. The molecule has 2 aromatic carbocycles. The minimum atomic E-state index is 0.905. The Morgan fingerprint density at radius 3 is 2.48 bits per heavy atom. The predicted molar refractivity (Wildman–Crippen MR) is 85.5 cm³/mol. The normalized spacial score (nSPS) is 11.8. The standard InChI is InChI=1S/C18H11N3/c1-2-4-13-11-16-15(9-12(13)3-1)10-14-5-7-21-8-6-19-18(21)17(14)20-16/h1-11H. The second kappa shape index (κ2) is 3.79. The van der Waals surface area contributed by atoms with Crippen LogP contribution < -0.4 is 0 Å². The lowest BCUT2D eigenvalue weighted by atomic mass is 10.1. The largest absolute Gasteiger partial charge is 0.305 e. The van der Waals surface area contributed by atoms with Crippen LogP contribution in [0.4, 0.5) is 0 Å². The van der Waals surface area contributed by atoms with Gasteiger partial charge in [0.05, 0.1) is 5.52 Å². The van der Waals surface area contributed by atoms with Crippen LogP contribution in [0.5, 0.6) is 0 Å². The number of aromatic nitrogens is 3. The summed E-state index contributed by atoms with van der Waals surface area (Å²) in [5, 5.41) is 4.74. The van der Waals surface area contributed by atoms with Gasteiger partial charge in [0.15, 0.2) is 5.65 Å². The molecule has 5 rings (SSSR count). The van der Waals surface area contributed by atoms with Crippen molar-refractivity contribution in [2.24, 2.45) is 0 Å². The third-order valence-electron chi connectivity index (χ3n) is 4.01. The number of rotatable bonds is 0. The topological polar surface area (TPSA) is 30.2 Å². The summed E-state index contributed by atoms with van der Waals surface area (Å²) < 4.78 is 2.00. The van der Waals surface area contributed by atoms with Gasteiger partial charge < -0.3 is 4.40 Å². The Balaban J connectivity index is 2.00. The summed E-state index contributed by atoms with van der Waals surface area (Å²) in [7, 11) is 0. The Labute approximate surface area is 120 Å². The van der Waals surface area contributed by atoms with Crippen LogP contribution in [0.3, 0.4) is 0 Å². The first-order valence-corrected chi connectivity index (χ1v) is 6.93. The zero-order valence-corrected chi connectivity index (χ0v) is 11.2. The molecule has 3 heteroatoms. The van der Waals surface area contributed by atoms with Crippen LogP contribution in [0.15, 0.2) is 67.1 Å². The molecule has 0 fully saturated rings. The van der Waals surface area contributed by atoms with Crippen molar-refractivity contribution in [3.63, 3.8) is 0 Å². The number of imidazole rings is 1. The molecule has 3 heterocycles. The average Bonchev–Trinajstić information content (AvgIpc) is 3.00. The van der Waals surface area contributed by atoms with Gasteiger partial charge in [-0.2, -0.15) is 0 Å². The number of benzene rings is 2. The van der Waals surface area contributed by atoms with Gasteiger partial charge in [0, 0.05) is 29.4 Å². The van der Waals surface area contributed by atoms with Crippen LogP contribution in [-0.4, -0.2) is 14.4 Å². The first-order chi connectivity index (χ1) is 10.4. The molecule has 0 aliphatic carbocycles. The molecule has 5 aromatic rings. The minimum absolute atomic E-state index is 0.905. The first-order valence-electron chi connectivity index (χ1n) is 6.93.